The van der Waals surface area contributed by atoms with Crippen LogP contribution in [-0.4, -0.2) is 45.9 Å². The van der Waals surface area contributed by atoms with Gasteiger partial charge in [0, 0.05) is 25.6 Å². The normalized spacial score (nSPS) is 22.7. The second-order valence-electron chi connectivity index (χ2n) is 6.78. The number of carbonyl (C=O) groups excluding carboxylic acids is 1. The molecule has 1 aliphatic heterocycles. The molecule has 1 aromatic rings. The van der Waals surface area contributed by atoms with E-state index >= 15 is 0 Å². The Balaban J connectivity index is 2.05. The fourth-order valence-corrected chi connectivity index (χ4v) is 2.47. The van der Waals surface area contributed by atoms with Crippen LogP contribution in [0.25, 0.3) is 0 Å². The van der Waals surface area contributed by atoms with E-state index < -0.39 is 5.60 Å². The second-order valence-corrected chi connectivity index (χ2v) is 6.78. The maximum atomic E-state index is 12.2. The zero-order valence-corrected chi connectivity index (χ0v) is 13.8. The summed E-state index contributed by atoms with van der Waals surface area (Å²) in [6.07, 6.45) is 2.11. The molecule has 1 saturated heterocycles. The van der Waals surface area contributed by atoms with Crippen molar-refractivity contribution in [3.63, 3.8) is 0 Å². The number of rotatable bonds is 3. The van der Waals surface area contributed by atoms with E-state index in [1.807, 2.05) is 20.8 Å². The zero-order chi connectivity index (χ0) is 16.3. The third-order valence-electron chi connectivity index (χ3n) is 3.59. The van der Waals surface area contributed by atoms with Gasteiger partial charge in [-0.3, -0.25) is 0 Å². The first-order valence-corrected chi connectivity index (χ1v) is 7.86. The smallest absolute Gasteiger partial charge is 0.410 e. The van der Waals surface area contributed by atoms with Gasteiger partial charge >= 0.3 is 6.09 Å². The molecule has 1 amide bonds. The molecule has 1 aromatic heterocycles. The first-order chi connectivity index (χ1) is 10.3. The van der Waals surface area contributed by atoms with Crippen molar-refractivity contribution in [3.05, 3.63) is 11.7 Å². The van der Waals surface area contributed by atoms with E-state index in [1.165, 1.54) is 0 Å². The lowest BCUT2D eigenvalue weighted by Crippen LogP contribution is -2.49. The minimum atomic E-state index is -0.509. The highest BCUT2D eigenvalue weighted by atomic mass is 16.6. The Morgan fingerprint density at radius 2 is 2.23 bits per heavy atom. The summed E-state index contributed by atoms with van der Waals surface area (Å²) in [6, 6.07) is -0.0892. The van der Waals surface area contributed by atoms with E-state index in [0.717, 1.165) is 12.8 Å². The van der Waals surface area contributed by atoms with Gasteiger partial charge in [-0.05, 0) is 33.6 Å². The van der Waals surface area contributed by atoms with Crippen LogP contribution in [0.3, 0.4) is 0 Å². The maximum absolute atomic E-state index is 12.2. The van der Waals surface area contributed by atoms with Crippen molar-refractivity contribution in [2.75, 3.05) is 13.1 Å². The molecule has 0 spiro atoms. The van der Waals surface area contributed by atoms with Crippen molar-refractivity contribution in [3.8, 4) is 0 Å². The molecule has 0 aromatic carbocycles. The Kier molecular flexibility index (Phi) is 5.05. The number of ether oxygens (including phenoxy) is 1. The Morgan fingerprint density at radius 3 is 2.86 bits per heavy atom. The molecule has 0 radical (unpaired) electrons. The second kappa shape index (κ2) is 6.64. The molecule has 22 heavy (non-hydrogen) atoms. The van der Waals surface area contributed by atoms with Crippen molar-refractivity contribution in [2.45, 2.75) is 64.5 Å². The average Bonchev–Trinajstić information content (AvgIpc) is 2.86. The Morgan fingerprint density at radius 1 is 1.50 bits per heavy atom. The van der Waals surface area contributed by atoms with E-state index in [9.17, 15) is 4.79 Å². The lowest BCUT2D eigenvalue weighted by molar-refractivity contribution is 0.0175. The summed E-state index contributed by atoms with van der Waals surface area (Å²) in [5.41, 5.74) is 5.67. The predicted octanol–water partition coefficient (Wildman–Crippen LogP) is 2.07. The van der Waals surface area contributed by atoms with Gasteiger partial charge in [0.15, 0.2) is 5.82 Å². The van der Waals surface area contributed by atoms with E-state index in [1.54, 1.807) is 4.90 Å². The molecule has 2 N–H and O–H groups in total. The Hall–Kier alpha value is -1.63. The van der Waals surface area contributed by atoms with Crippen LogP contribution in [-0.2, 0) is 11.2 Å². The molecule has 1 fully saturated rings. The van der Waals surface area contributed by atoms with Crippen LogP contribution in [0.2, 0.25) is 0 Å². The van der Waals surface area contributed by atoms with E-state index in [-0.39, 0.29) is 18.1 Å². The third kappa shape index (κ3) is 4.19. The molecule has 0 saturated carbocycles. The van der Waals surface area contributed by atoms with Crippen LogP contribution >= 0.6 is 0 Å². The van der Waals surface area contributed by atoms with Crippen LogP contribution in [0.15, 0.2) is 4.52 Å². The van der Waals surface area contributed by atoms with E-state index in [4.69, 9.17) is 15.0 Å². The van der Waals surface area contributed by atoms with E-state index in [0.29, 0.717) is 31.2 Å². The van der Waals surface area contributed by atoms with Crippen molar-refractivity contribution in [1.82, 2.24) is 15.0 Å². The number of aryl methyl sites for hydroxylation is 1. The lowest BCUT2D eigenvalue weighted by Gasteiger charge is -2.35. The number of aromatic nitrogens is 2. The van der Waals surface area contributed by atoms with Crippen LogP contribution < -0.4 is 5.73 Å². The molecule has 2 heterocycles. The molecular weight excluding hydrogens is 284 g/mol. The molecule has 7 nitrogen and oxygen atoms in total. The van der Waals surface area contributed by atoms with E-state index in [2.05, 4.69) is 17.1 Å². The minimum absolute atomic E-state index is 0.0892. The average molecular weight is 310 g/mol. The molecular formula is C15H26N4O3. The molecule has 2 rings (SSSR count). The van der Waals surface area contributed by atoms with Crippen molar-refractivity contribution in [1.29, 1.82) is 0 Å². The van der Waals surface area contributed by atoms with Crippen molar-refractivity contribution < 1.29 is 14.1 Å². The number of carbonyl (C=O) groups is 1. The standard InChI is InChI=1S/C15H26N4O3/c1-5-6-12-17-13(22-18-12)10-9-19(8-7-11(10)16)14(20)21-15(2,3)4/h10-11H,5-9,16H2,1-4H3. The van der Waals surface area contributed by atoms with Crippen LogP contribution in [0.1, 0.15) is 58.2 Å². The van der Waals surface area contributed by atoms with Crippen molar-refractivity contribution >= 4 is 6.09 Å². The molecule has 2 unspecified atom stereocenters. The fourth-order valence-electron chi connectivity index (χ4n) is 2.47. The largest absolute Gasteiger partial charge is 0.444 e. The predicted molar refractivity (Wildman–Crippen MR) is 81.4 cm³/mol. The molecule has 0 bridgehead atoms. The quantitative estimate of drug-likeness (QED) is 0.918. The van der Waals surface area contributed by atoms with Gasteiger partial charge in [-0.2, -0.15) is 4.98 Å². The summed E-state index contributed by atoms with van der Waals surface area (Å²) in [5, 5.41) is 3.97. The maximum Gasteiger partial charge on any atom is 0.410 e. The third-order valence-corrected chi connectivity index (χ3v) is 3.59. The molecule has 2 atom stereocenters. The van der Waals surface area contributed by atoms with Crippen LogP contribution in [0.5, 0.6) is 0 Å². The van der Waals surface area contributed by atoms with Gasteiger partial charge in [-0.15, -0.1) is 0 Å². The highest BCUT2D eigenvalue weighted by molar-refractivity contribution is 5.68. The highest BCUT2D eigenvalue weighted by Gasteiger charge is 2.35. The number of piperidine rings is 1. The summed E-state index contributed by atoms with van der Waals surface area (Å²) < 4.78 is 10.8. The van der Waals surface area contributed by atoms with Crippen molar-refractivity contribution in [2.24, 2.45) is 5.73 Å². The lowest BCUT2D eigenvalue weighted by atomic mass is 9.93. The Labute approximate surface area is 131 Å². The molecule has 124 valence electrons. The minimum Gasteiger partial charge on any atom is -0.444 e. The first kappa shape index (κ1) is 16.7. The molecule has 1 aliphatic rings. The SMILES string of the molecule is CCCc1noc(C2CN(C(=O)OC(C)(C)C)CCC2N)n1. The summed E-state index contributed by atoms with van der Waals surface area (Å²) in [4.78, 5) is 18.3. The topological polar surface area (TPSA) is 94.5 Å². The van der Waals surface area contributed by atoms with Gasteiger partial charge in [0.2, 0.25) is 5.89 Å². The highest BCUT2D eigenvalue weighted by Crippen LogP contribution is 2.26. The van der Waals surface area contributed by atoms with Gasteiger partial charge in [0.1, 0.15) is 5.60 Å². The summed E-state index contributed by atoms with van der Waals surface area (Å²) in [5.74, 6) is 1.07. The molecule has 7 heteroatoms. The number of hydrogen-bond acceptors (Lipinski definition) is 6. The number of amides is 1. The Bertz CT molecular complexity index is 509. The number of nitrogens with zero attached hydrogens (tertiary/aromatic N) is 3. The van der Waals surface area contributed by atoms with Gasteiger partial charge < -0.3 is 19.9 Å². The first-order valence-electron chi connectivity index (χ1n) is 7.86. The van der Waals surface area contributed by atoms with Crippen LogP contribution in [0, 0.1) is 0 Å². The molecule has 0 aliphatic carbocycles. The number of nitrogens with two attached hydrogens (primary N) is 1. The fraction of sp³-hybridized carbons (Fsp3) is 0.800. The van der Waals surface area contributed by atoms with Gasteiger partial charge in [0.05, 0.1) is 5.92 Å². The van der Waals surface area contributed by atoms with Gasteiger partial charge in [-0.1, -0.05) is 12.1 Å². The van der Waals surface area contributed by atoms with Crippen LogP contribution in [0.4, 0.5) is 4.79 Å². The number of hydrogen-bond donors (Lipinski definition) is 1. The summed E-state index contributed by atoms with van der Waals surface area (Å²) in [6.45, 7) is 8.66. The summed E-state index contributed by atoms with van der Waals surface area (Å²) >= 11 is 0. The van der Waals surface area contributed by atoms with Gasteiger partial charge in [-0.25, -0.2) is 4.79 Å². The number of likely N-dealkylation sites (tertiary alicyclic amines) is 1. The summed E-state index contributed by atoms with van der Waals surface area (Å²) in [7, 11) is 0. The van der Waals surface area contributed by atoms with Gasteiger partial charge in [0.25, 0.3) is 0 Å². The zero-order valence-electron chi connectivity index (χ0n) is 13.8. The monoisotopic (exact) mass is 310 g/mol.